The highest BCUT2D eigenvalue weighted by Gasteiger charge is 2.25. The molecule has 2 aromatic carbocycles. The second kappa shape index (κ2) is 8.54. The van der Waals surface area contributed by atoms with Gasteiger partial charge in [-0.15, -0.1) is 0 Å². The molecule has 2 aromatic rings. The van der Waals surface area contributed by atoms with Crippen molar-refractivity contribution >= 4 is 15.9 Å². The Kier molecular flexibility index (Phi) is 6.13. The Morgan fingerprint density at radius 1 is 1.07 bits per heavy atom. The van der Waals surface area contributed by atoms with Gasteiger partial charge in [-0.25, -0.2) is 8.42 Å². The van der Waals surface area contributed by atoms with Gasteiger partial charge in [0.1, 0.15) is 5.75 Å². The number of carbonyl (C=O) groups is 1. The Bertz CT molecular complexity index is 888. The van der Waals surface area contributed by atoms with Crippen LogP contribution in [-0.4, -0.2) is 38.8 Å². The van der Waals surface area contributed by atoms with Crippen LogP contribution < -0.4 is 10.1 Å². The van der Waals surface area contributed by atoms with E-state index in [2.05, 4.69) is 5.32 Å². The molecule has 1 amide bonds. The largest absolute Gasteiger partial charge is 0.497 e. The number of amides is 1. The van der Waals surface area contributed by atoms with Gasteiger partial charge >= 0.3 is 0 Å². The quantitative estimate of drug-likeness (QED) is 0.826. The van der Waals surface area contributed by atoms with E-state index in [0.29, 0.717) is 35.8 Å². The zero-order valence-electron chi connectivity index (χ0n) is 15.3. The zero-order chi connectivity index (χ0) is 19.3. The summed E-state index contributed by atoms with van der Waals surface area (Å²) >= 11 is 0. The van der Waals surface area contributed by atoms with Crippen molar-refractivity contribution in [3.8, 4) is 5.75 Å². The molecule has 0 aliphatic carbocycles. The summed E-state index contributed by atoms with van der Waals surface area (Å²) in [5.74, 6) is 0.411. The summed E-state index contributed by atoms with van der Waals surface area (Å²) in [5, 5.41) is 2.83. The molecule has 1 saturated heterocycles. The van der Waals surface area contributed by atoms with E-state index in [1.165, 1.54) is 0 Å². The maximum Gasteiger partial charge on any atom is 0.251 e. The van der Waals surface area contributed by atoms with Gasteiger partial charge in [0, 0.05) is 25.2 Å². The van der Waals surface area contributed by atoms with Gasteiger partial charge in [-0.3, -0.25) is 4.79 Å². The standard InChI is InChI=1S/C20H24N2O4S/c1-26-18-7-5-6-17(14-18)20(23)21-15-16-8-10-19(11-9-16)27(24,25)22-12-3-2-4-13-22/h5-11,14H,2-4,12-13,15H2,1H3,(H,21,23). The molecule has 0 aromatic heterocycles. The van der Waals surface area contributed by atoms with E-state index < -0.39 is 10.0 Å². The maximum atomic E-state index is 12.7. The number of nitrogens with one attached hydrogen (secondary N) is 1. The van der Waals surface area contributed by atoms with Crippen LogP contribution in [0.5, 0.6) is 5.75 Å². The molecular formula is C20H24N2O4S. The number of piperidine rings is 1. The molecule has 7 heteroatoms. The molecule has 144 valence electrons. The first-order valence-corrected chi connectivity index (χ1v) is 10.5. The second-order valence-corrected chi connectivity index (χ2v) is 8.46. The van der Waals surface area contributed by atoms with Crippen LogP contribution in [0.2, 0.25) is 0 Å². The van der Waals surface area contributed by atoms with Gasteiger partial charge < -0.3 is 10.1 Å². The second-order valence-electron chi connectivity index (χ2n) is 6.52. The van der Waals surface area contributed by atoms with E-state index >= 15 is 0 Å². The number of hydrogen-bond donors (Lipinski definition) is 1. The molecule has 1 heterocycles. The maximum absolute atomic E-state index is 12.7. The topological polar surface area (TPSA) is 75.7 Å². The van der Waals surface area contributed by atoms with Crippen molar-refractivity contribution in [1.82, 2.24) is 9.62 Å². The average molecular weight is 388 g/mol. The van der Waals surface area contributed by atoms with Crippen LogP contribution in [0, 0.1) is 0 Å². The number of rotatable bonds is 6. The van der Waals surface area contributed by atoms with E-state index in [4.69, 9.17) is 4.74 Å². The predicted octanol–water partition coefficient (Wildman–Crippen LogP) is 2.80. The van der Waals surface area contributed by atoms with E-state index in [9.17, 15) is 13.2 Å². The summed E-state index contributed by atoms with van der Waals surface area (Å²) in [6, 6.07) is 13.6. The normalized spacial score (nSPS) is 15.3. The number of sulfonamides is 1. The third-order valence-electron chi connectivity index (χ3n) is 4.66. The lowest BCUT2D eigenvalue weighted by molar-refractivity contribution is 0.0950. The first-order chi connectivity index (χ1) is 13.0. The number of hydrogen-bond acceptors (Lipinski definition) is 4. The Morgan fingerprint density at radius 3 is 2.44 bits per heavy atom. The fourth-order valence-electron chi connectivity index (χ4n) is 3.08. The molecule has 0 atom stereocenters. The molecule has 1 N–H and O–H groups in total. The number of ether oxygens (including phenoxy) is 1. The van der Waals surface area contributed by atoms with Crippen LogP contribution in [0.3, 0.4) is 0 Å². The molecule has 0 spiro atoms. The lowest BCUT2D eigenvalue weighted by atomic mass is 10.2. The minimum absolute atomic E-state index is 0.209. The third kappa shape index (κ3) is 4.67. The van der Waals surface area contributed by atoms with Gasteiger partial charge in [-0.2, -0.15) is 4.31 Å². The van der Waals surface area contributed by atoms with E-state index in [1.807, 2.05) is 0 Å². The van der Waals surface area contributed by atoms with Crippen LogP contribution in [0.15, 0.2) is 53.4 Å². The van der Waals surface area contributed by atoms with Gasteiger partial charge in [0.05, 0.1) is 12.0 Å². The van der Waals surface area contributed by atoms with Crippen molar-refractivity contribution in [2.45, 2.75) is 30.7 Å². The molecular weight excluding hydrogens is 364 g/mol. The number of carbonyl (C=O) groups excluding carboxylic acids is 1. The van der Waals surface area contributed by atoms with Crippen LogP contribution in [0.1, 0.15) is 35.2 Å². The molecule has 6 nitrogen and oxygen atoms in total. The lowest BCUT2D eigenvalue weighted by Crippen LogP contribution is -2.35. The summed E-state index contributed by atoms with van der Waals surface area (Å²) in [6.45, 7) is 1.49. The van der Waals surface area contributed by atoms with Crippen molar-refractivity contribution in [2.24, 2.45) is 0 Å². The fourth-order valence-corrected chi connectivity index (χ4v) is 4.60. The highest BCUT2D eigenvalue weighted by Crippen LogP contribution is 2.21. The summed E-state index contributed by atoms with van der Waals surface area (Å²) in [5.41, 5.74) is 1.35. The smallest absolute Gasteiger partial charge is 0.251 e. The molecule has 0 radical (unpaired) electrons. The van der Waals surface area contributed by atoms with Gasteiger partial charge in [0.25, 0.3) is 5.91 Å². The van der Waals surface area contributed by atoms with Crippen molar-refractivity contribution < 1.29 is 17.9 Å². The fraction of sp³-hybridized carbons (Fsp3) is 0.350. The van der Waals surface area contributed by atoms with Gasteiger partial charge in [-0.05, 0) is 48.7 Å². The monoisotopic (exact) mass is 388 g/mol. The Labute approximate surface area is 160 Å². The molecule has 27 heavy (non-hydrogen) atoms. The first kappa shape index (κ1) is 19.4. The van der Waals surface area contributed by atoms with Crippen molar-refractivity contribution in [3.63, 3.8) is 0 Å². The van der Waals surface area contributed by atoms with Gasteiger partial charge in [0.2, 0.25) is 10.0 Å². The summed E-state index contributed by atoms with van der Waals surface area (Å²) < 4.78 is 32.0. The summed E-state index contributed by atoms with van der Waals surface area (Å²) in [4.78, 5) is 12.5. The van der Waals surface area contributed by atoms with Crippen molar-refractivity contribution in [3.05, 3.63) is 59.7 Å². The Morgan fingerprint density at radius 2 is 1.78 bits per heavy atom. The van der Waals surface area contributed by atoms with E-state index in [1.54, 1.807) is 59.9 Å². The van der Waals surface area contributed by atoms with Gasteiger partial charge in [0.15, 0.2) is 0 Å². The molecule has 0 bridgehead atoms. The minimum Gasteiger partial charge on any atom is -0.497 e. The number of methoxy groups -OCH3 is 1. The summed E-state index contributed by atoms with van der Waals surface area (Å²) in [6.07, 6.45) is 2.90. The highest BCUT2D eigenvalue weighted by atomic mass is 32.2. The SMILES string of the molecule is COc1cccc(C(=O)NCc2ccc(S(=O)(=O)N3CCCCC3)cc2)c1. The van der Waals surface area contributed by atoms with Crippen molar-refractivity contribution in [2.75, 3.05) is 20.2 Å². The highest BCUT2D eigenvalue weighted by molar-refractivity contribution is 7.89. The number of benzene rings is 2. The van der Waals surface area contributed by atoms with Crippen LogP contribution in [0.25, 0.3) is 0 Å². The first-order valence-electron chi connectivity index (χ1n) is 9.02. The third-order valence-corrected chi connectivity index (χ3v) is 6.57. The van der Waals surface area contributed by atoms with E-state index in [0.717, 1.165) is 24.8 Å². The van der Waals surface area contributed by atoms with E-state index in [-0.39, 0.29) is 5.91 Å². The van der Waals surface area contributed by atoms with Gasteiger partial charge in [-0.1, -0.05) is 24.6 Å². The molecule has 1 aliphatic rings. The van der Waals surface area contributed by atoms with Crippen molar-refractivity contribution in [1.29, 1.82) is 0 Å². The lowest BCUT2D eigenvalue weighted by Gasteiger charge is -2.25. The Hall–Kier alpha value is -2.38. The Balaban J connectivity index is 1.62. The van der Waals surface area contributed by atoms with Crippen LogP contribution >= 0.6 is 0 Å². The molecule has 1 fully saturated rings. The molecule has 3 rings (SSSR count). The minimum atomic E-state index is -3.43. The molecule has 0 unspecified atom stereocenters. The predicted molar refractivity (Wildman–Crippen MR) is 103 cm³/mol. The average Bonchev–Trinajstić information content (AvgIpc) is 2.73. The zero-order valence-corrected chi connectivity index (χ0v) is 16.2. The van der Waals surface area contributed by atoms with Crippen LogP contribution in [0.4, 0.5) is 0 Å². The number of nitrogens with zero attached hydrogens (tertiary/aromatic N) is 1. The molecule has 1 aliphatic heterocycles. The summed E-state index contributed by atoms with van der Waals surface area (Å²) in [7, 11) is -1.88. The molecule has 0 saturated carbocycles. The van der Waals surface area contributed by atoms with Crippen LogP contribution in [-0.2, 0) is 16.6 Å².